The van der Waals surface area contributed by atoms with Crippen molar-refractivity contribution in [3.63, 3.8) is 0 Å². The molecule has 3 heteroatoms. The maximum absolute atomic E-state index is 5.66. The van der Waals surface area contributed by atoms with Gasteiger partial charge in [0.15, 0.2) is 0 Å². The second-order valence-electron chi connectivity index (χ2n) is 3.28. The first-order chi connectivity index (χ1) is 6.31. The number of aromatic nitrogens is 1. The molecule has 1 heterocycles. The van der Waals surface area contributed by atoms with E-state index in [2.05, 4.69) is 4.98 Å². The molecule has 0 N–H and O–H groups in total. The molecule has 0 amide bonds. The van der Waals surface area contributed by atoms with Crippen LogP contribution >= 0.6 is 0 Å². The molecule has 2 rings (SSSR count). The first-order valence-corrected chi connectivity index (χ1v) is 4.46. The summed E-state index contributed by atoms with van der Waals surface area (Å²) in [5.74, 6) is 1.64. The van der Waals surface area contributed by atoms with E-state index < -0.39 is 0 Å². The molecule has 0 radical (unpaired) electrons. The summed E-state index contributed by atoms with van der Waals surface area (Å²) >= 11 is 0. The average Bonchev–Trinajstić information content (AvgIpc) is 2.92. The van der Waals surface area contributed by atoms with Gasteiger partial charge in [0.2, 0.25) is 0 Å². The van der Waals surface area contributed by atoms with Crippen molar-refractivity contribution in [2.75, 3.05) is 7.11 Å². The molecule has 13 heavy (non-hydrogen) atoms. The third-order valence-electron chi connectivity index (χ3n) is 2.16. The molecular weight excluding hydrogens is 166 g/mol. The normalized spacial score (nSPS) is 15.5. The highest BCUT2D eigenvalue weighted by Crippen LogP contribution is 2.31. The van der Waals surface area contributed by atoms with Crippen LogP contribution < -0.4 is 9.47 Å². The Hall–Kier alpha value is -1.25. The quantitative estimate of drug-likeness (QED) is 0.710. The third kappa shape index (κ3) is 1.74. The first kappa shape index (κ1) is 8.35. The van der Waals surface area contributed by atoms with Crippen LogP contribution in [-0.4, -0.2) is 18.2 Å². The van der Waals surface area contributed by atoms with Gasteiger partial charge in [-0.2, -0.15) is 0 Å². The van der Waals surface area contributed by atoms with E-state index in [1.54, 1.807) is 19.5 Å². The molecule has 1 aliphatic rings. The lowest BCUT2D eigenvalue weighted by atomic mass is 10.2. The molecule has 0 saturated heterocycles. The van der Waals surface area contributed by atoms with Crippen LogP contribution in [-0.2, 0) is 0 Å². The highest BCUT2D eigenvalue weighted by atomic mass is 16.5. The van der Waals surface area contributed by atoms with Crippen molar-refractivity contribution in [3.8, 4) is 11.5 Å². The molecule has 0 atom stereocenters. The molecule has 0 bridgehead atoms. The lowest BCUT2D eigenvalue weighted by Gasteiger charge is -2.09. The van der Waals surface area contributed by atoms with Gasteiger partial charge in [-0.05, 0) is 19.8 Å². The van der Waals surface area contributed by atoms with Gasteiger partial charge in [0.25, 0.3) is 0 Å². The van der Waals surface area contributed by atoms with E-state index in [0.29, 0.717) is 6.10 Å². The van der Waals surface area contributed by atoms with Gasteiger partial charge < -0.3 is 9.47 Å². The fourth-order valence-electron chi connectivity index (χ4n) is 1.18. The fourth-order valence-corrected chi connectivity index (χ4v) is 1.18. The van der Waals surface area contributed by atoms with Crippen molar-refractivity contribution < 1.29 is 9.47 Å². The Balaban J connectivity index is 2.22. The van der Waals surface area contributed by atoms with Crippen LogP contribution in [0.25, 0.3) is 0 Å². The molecule has 70 valence electrons. The Kier molecular flexibility index (Phi) is 2.08. The lowest BCUT2D eigenvalue weighted by molar-refractivity contribution is 0.296. The molecule has 1 aliphatic carbocycles. The van der Waals surface area contributed by atoms with Crippen LogP contribution in [0, 0.1) is 6.92 Å². The standard InChI is InChI=1S/C10H13NO2/c1-7-9(12-2)5-11-6-10(7)13-8-3-4-8/h5-6,8H,3-4H2,1-2H3. The van der Waals surface area contributed by atoms with Crippen LogP contribution in [0.5, 0.6) is 11.5 Å². The Morgan fingerprint density at radius 2 is 2.00 bits per heavy atom. The van der Waals surface area contributed by atoms with Gasteiger partial charge in [-0.15, -0.1) is 0 Å². The average molecular weight is 179 g/mol. The molecule has 3 nitrogen and oxygen atoms in total. The zero-order valence-electron chi connectivity index (χ0n) is 7.91. The van der Waals surface area contributed by atoms with Gasteiger partial charge in [0.1, 0.15) is 11.5 Å². The van der Waals surface area contributed by atoms with E-state index in [9.17, 15) is 0 Å². The summed E-state index contributed by atoms with van der Waals surface area (Å²) in [6, 6.07) is 0. The number of nitrogens with zero attached hydrogens (tertiary/aromatic N) is 1. The predicted octanol–water partition coefficient (Wildman–Crippen LogP) is 1.94. The van der Waals surface area contributed by atoms with Crippen LogP contribution in [0.2, 0.25) is 0 Å². The number of ether oxygens (including phenoxy) is 2. The molecule has 1 aromatic heterocycles. The third-order valence-corrected chi connectivity index (χ3v) is 2.16. The van der Waals surface area contributed by atoms with Gasteiger partial charge in [-0.25, -0.2) is 0 Å². The van der Waals surface area contributed by atoms with E-state index in [0.717, 1.165) is 29.9 Å². The number of methoxy groups -OCH3 is 1. The van der Waals surface area contributed by atoms with E-state index >= 15 is 0 Å². The predicted molar refractivity (Wildman–Crippen MR) is 49.2 cm³/mol. The first-order valence-electron chi connectivity index (χ1n) is 4.46. The molecular formula is C10H13NO2. The summed E-state index contributed by atoms with van der Waals surface area (Å²) in [5.41, 5.74) is 1.03. The van der Waals surface area contributed by atoms with Crippen LogP contribution in [0.15, 0.2) is 12.4 Å². The summed E-state index contributed by atoms with van der Waals surface area (Å²) in [4.78, 5) is 4.05. The van der Waals surface area contributed by atoms with Crippen molar-refractivity contribution in [1.29, 1.82) is 0 Å². The van der Waals surface area contributed by atoms with E-state index in [-0.39, 0.29) is 0 Å². The highest BCUT2D eigenvalue weighted by molar-refractivity contribution is 5.40. The van der Waals surface area contributed by atoms with Crippen molar-refractivity contribution >= 4 is 0 Å². The van der Waals surface area contributed by atoms with Crippen molar-refractivity contribution in [2.24, 2.45) is 0 Å². The minimum absolute atomic E-state index is 0.410. The Labute approximate surface area is 77.7 Å². The van der Waals surface area contributed by atoms with Crippen molar-refractivity contribution in [2.45, 2.75) is 25.9 Å². The van der Waals surface area contributed by atoms with Crippen molar-refractivity contribution in [3.05, 3.63) is 18.0 Å². The summed E-state index contributed by atoms with van der Waals surface area (Å²) < 4.78 is 10.8. The summed E-state index contributed by atoms with van der Waals surface area (Å²) in [5, 5.41) is 0. The smallest absolute Gasteiger partial charge is 0.144 e. The maximum Gasteiger partial charge on any atom is 0.144 e. The van der Waals surface area contributed by atoms with Gasteiger partial charge >= 0.3 is 0 Å². The lowest BCUT2D eigenvalue weighted by Crippen LogP contribution is -1.99. The van der Waals surface area contributed by atoms with Crippen LogP contribution in [0.4, 0.5) is 0 Å². The molecule has 1 fully saturated rings. The topological polar surface area (TPSA) is 31.4 Å². The van der Waals surface area contributed by atoms with E-state index in [4.69, 9.17) is 9.47 Å². The highest BCUT2D eigenvalue weighted by Gasteiger charge is 2.24. The summed E-state index contributed by atoms with van der Waals surface area (Å²) in [6.07, 6.45) is 6.19. The van der Waals surface area contributed by atoms with Gasteiger partial charge in [-0.3, -0.25) is 4.98 Å². The number of rotatable bonds is 3. The van der Waals surface area contributed by atoms with Gasteiger partial charge in [0, 0.05) is 5.56 Å². The maximum atomic E-state index is 5.66. The molecule has 0 spiro atoms. The summed E-state index contributed by atoms with van der Waals surface area (Å²) in [6.45, 7) is 1.98. The van der Waals surface area contributed by atoms with Crippen LogP contribution in [0.3, 0.4) is 0 Å². The molecule has 0 aromatic carbocycles. The fraction of sp³-hybridized carbons (Fsp3) is 0.500. The molecule has 1 saturated carbocycles. The van der Waals surface area contributed by atoms with Gasteiger partial charge in [0.05, 0.1) is 25.6 Å². The molecule has 0 unspecified atom stereocenters. The van der Waals surface area contributed by atoms with Crippen molar-refractivity contribution in [1.82, 2.24) is 4.98 Å². The second kappa shape index (κ2) is 3.24. The minimum atomic E-state index is 0.410. The number of hydrogen-bond acceptors (Lipinski definition) is 3. The SMILES string of the molecule is COc1cncc(OC2CC2)c1C. The monoisotopic (exact) mass is 179 g/mol. The zero-order valence-corrected chi connectivity index (χ0v) is 7.91. The second-order valence-corrected chi connectivity index (χ2v) is 3.28. The Bertz CT molecular complexity index is 308. The Morgan fingerprint density at radius 3 is 2.62 bits per heavy atom. The molecule has 1 aromatic rings. The summed E-state index contributed by atoms with van der Waals surface area (Å²) in [7, 11) is 1.64. The minimum Gasteiger partial charge on any atom is -0.495 e. The zero-order chi connectivity index (χ0) is 9.26. The number of hydrogen-bond donors (Lipinski definition) is 0. The largest absolute Gasteiger partial charge is 0.495 e. The van der Waals surface area contributed by atoms with Crippen LogP contribution in [0.1, 0.15) is 18.4 Å². The van der Waals surface area contributed by atoms with Gasteiger partial charge in [-0.1, -0.05) is 0 Å². The Morgan fingerprint density at radius 1 is 1.31 bits per heavy atom. The van der Waals surface area contributed by atoms with E-state index in [1.165, 1.54) is 0 Å². The molecule has 0 aliphatic heterocycles. The van der Waals surface area contributed by atoms with E-state index in [1.807, 2.05) is 6.92 Å². The number of pyridine rings is 1.